The molecule has 4 aromatic rings. The topological polar surface area (TPSA) is 51.9 Å². The second kappa shape index (κ2) is 6.09. The zero-order valence-corrected chi connectivity index (χ0v) is 14.4. The first-order valence-corrected chi connectivity index (χ1v) is 8.49. The SMILES string of the molecule is CCCn1c(NC(=O)c2cn(C)c3ccccc23)nc2ccccc21. The molecule has 0 aliphatic carbocycles. The van der Waals surface area contributed by atoms with Crippen LogP contribution >= 0.6 is 0 Å². The lowest BCUT2D eigenvalue weighted by Crippen LogP contribution is -2.16. The van der Waals surface area contributed by atoms with Gasteiger partial charge in [0.25, 0.3) is 5.91 Å². The maximum Gasteiger partial charge on any atom is 0.260 e. The Bertz CT molecular complexity index is 1070. The molecule has 0 unspecified atom stereocenters. The summed E-state index contributed by atoms with van der Waals surface area (Å²) < 4.78 is 4.04. The molecular formula is C20H20N4O. The molecule has 0 radical (unpaired) electrons. The van der Waals surface area contributed by atoms with E-state index in [2.05, 4.69) is 21.8 Å². The van der Waals surface area contributed by atoms with Crippen molar-refractivity contribution in [3.05, 3.63) is 60.3 Å². The van der Waals surface area contributed by atoms with Crippen LogP contribution in [0.3, 0.4) is 0 Å². The molecule has 2 aromatic carbocycles. The number of nitrogens with zero attached hydrogens (tertiary/aromatic N) is 3. The Hall–Kier alpha value is -3.08. The fourth-order valence-corrected chi connectivity index (χ4v) is 3.31. The Labute approximate surface area is 145 Å². The van der Waals surface area contributed by atoms with Gasteiger partial charge in [0.1, 0.15) is 0 Å². The molecule has 2 heterocycles. The number of nitrogens with one attached hydrogen (secondary N) is 1. The van der Waals surface area contributed by atoms with Crippen molar-refractivity contribution in [3.8, 4) is 0 Å². The predicted octanol–water partition coefficient (Wildman–Crippen LogP) is 4.19. The lowest BCUT2D eigenvalue weighted by Gasteiger charge is -2.08. The first-order valence-electron chi connectivity index (χ1n) is 8.49. The Morgan fingerprint density at radius 3 is 2.60 bits per heavy atom. The van der Waals surface area contributed by atoms with Crippen molar-refractivity contribution >= 4 is 33.8 Å². The van der Waals surface area contributed by atoms with Gasteiger partial charge < -0.3 is 9.13 Å². The summed E-state index contributed by atoms with van der Waals surface area (Å²) in [5, 5.41) is 3.95. The highest BCUT2D eigenvalue weighted by molar-refractivity contribution is 6.12. The Morgan fingerprint density at radius 1 is 1.08 bits per heavy atom. The van der Waals surface area contributed by atoms with Crippen LogP contribution in [0.4, 0.5) is 5.95 Å². The van der Waals surface area contributed by atoms with E-state index in [0.717, 1.165) is 34.9 Å². The third-order valence-corrected chi connectivity index (χ3v) is 4.47. The summed E-state index contributed by atoms with van der Waals surface area (Å²) in [6.07, 6.45) is 2.84. The summed E-state index contributed by atoms with van der Waals surface area (Å²) in [6, 6.07) is 15.9. The lowest BCUT2D eigenvalue weighted by molar-refractivity contribution is 0.102. The first kappa shape index (κ1) is 15.4. The second-order valence-electron chi connectivity index (χ2n) is 6.20. The number of benzene rings is 2. The van der Waals surface area contributed by atoms with E-state index in [1.54, 1.807) is 0 Å². The van der Waals surface area contributed by atoms with E-state index in [0.29, 0.717) is 11.5 Å². The highest BCUT2D eigenvalue weighted by Crippen LogP contribution is 2.23. The molecule has 1 amide bonds. The van der Waals surface area contributed by atoms with E-state index in [1.165, 1.54) is 0 Å². The number of carbonyl (C=O) groups excluding carboxylic acids is 1. The van der Waals surface area contributed by atoms with Gasteiger partial charge in [-0.05, 0) is 24.6 Å². The maximum atomic E-state index is 12.9. The quantitative estimate of drug-likeness (QED) is 0.609. The Kier molecular flexibility index (Phi) is 3.76. The third kappa shape index (κ3) is 2.58. The zero-order chi connectivity index (χ0) is 17.4. The van der Waals surface area contributed by atoms with Crippen molar-refractivity contribution in [1.82, 2.24) is 14.1 Å². The number of hydrogen-bond donors (Lipinski definition) is 1. The van der Waals surface area contributed by atoms with Crippen LogP contribution < -0.4 is 5.32 Å². The molecule has 4 rings (SSSR count). The van der Waals surface area contributed by atoms with Gasteiger partial charge in [-0.1, -0.05) is 37.3 Å². The zero-order valence-electron chi connectivity index (χ0n) is 14.4. The number of imidazole rings is 1. The molecule has 0 fully saturated rings. The molecule has 0 bridgehead atoms. The van der Waals surface area contributed by atoms with E-state index in [9.17, 15) is 4.79 Å². The van der Waals surface area contributed by atoms with Crippen LogP contribution in [0.2, 0.25) is 0 Å². The summed E-state index contributed by atoms with van der Waals surface area (Å²) >= 11 is 0. The second-order valence-corrected chi connectivity index (χ2v) is 6.20. The minimum atomic E-state index is -0.135. The smallest absolute Gasteiger partial charge is 0.260 e. The number of para-hydroxylation sites is 3. The van der Waals surface area contributed by atoms with Gasteiger partial charge in [-0.3, -0.25) is 10.1 Å². The first-order chi connectivity index (χ1) is 12.2. The molecule has 5 heteroatoms. The summed E-state index contributed by atoms with van der Waals surface area (Å²) in [5.41, 5.74) is 3.63. The van der Waals surface area contributed by atoms with Crippen LogP contribution in [0.25, 0.3) is 21.9 Å². The van der Waals surface area contributed by atoms with Crippen molar-refractivity contribution in [2.45, 2.75) is 19.9 Å². The van der Waals surface area contributed by atoms with Gasteiger partial charge in [-0.15, -0.1) is 0 Å². The number of aryl methyl sites for hydroxylation is 2. The molecule has 126 valence electrons. The van der Waals surface area contributed by atoms with Crippen LogP contribution in [-0.2, 0) is 13.6 Å². The van der Waals surface area contributed by atoms with Gasteiger partial charge in [0, 0.05) is 30.7 Å². The van der Waals surface area contributed by atoms with Crippen molar-refractivity contribution in [1.29, 1.82) is 0 Å². The molecule has 0 aliphatic heterocycles. The van der Waals surface area contributed by atoms with Crippen LogP contribution in [0.1, 0.15) is 23.7 Å². The Balaban J connectivity index is 1.75. The summed E-state index contributed by atoms with van der Waals surface area (Å²) in [7, 11) is 1.95. The predicted molar refractivity (Wildman–Crippen MR) is 101 cm³/mol. The largest absolute Gasteiger partial charge is 0.350 e. The molecule has 0 spiro atoms. The summed E-state index contributed by atoms with van der Waals surface area (Å²) in [4.78, 5) is 17.5. The van der Waals surface area contributed by atoms with Crippen molar-refractivity contribution < 1.29 is 4.79 Å². The number of anilines is 1. The third-order valence-electron chi connectivity index (χ3n) is 4.47. The maximum absolute atomic E-state index is 12.9. The number of amides is 1. The molecule has 5 nitrogen and oxygen atoms in total. The van der Waals surface area contributed by atoms with Gasteiger partial charge in [-0.2, -0.15) is 0 Å². The molecule has 0 saturated carbocycles. The molecule has 2 aromatic heterocycles. The highest BCUT2D eigenvalue weighted by Gasteiger charge is 2.17. The van der Waals surface area contributed by atoms with Crippen LogP contribution in [0.15, 0.2) is 54.7 Å². The summed E-state index contributed by atoms with van der Waals surface area (Å²) in [6.45, 7) is 2.93. The monoisotopic (exact) mass is 332 g/mol. The van der Waals surface area contributed by atoms with Crippen molar-refractivity contribution in [2.24, 2.45) is 7.05 Å². The van der Waals surface area contributed by atoms with Crippen molar-refractivity contribution in [2.75, 3.05) is 5.32 Å². The average molecular weight is 332 g/mol. The highest BCUT2D eigenvalue weighted by atomic mass is 16.1. The van der Waals surface area contributed by atoms with Gasteiger partial charge in [0.2, 0.25) is 5.95 Å². The standard InChI is InChI=1S/C20H20N4O/c1-3-12-24-18-11-7-5-9-16(18)21-20(24)22-19(25)15-13-23(2)17-10-6-4-8-14(15)17/h4-11,13H,3,12H2,1-2H3,(H,21,22,25). The summed E-state index contributed by atoms with van der Waals surface area (Å²) in [5.74, 6) is 0.463. The van der Waals surface area contributed by atoms with E-state index < -0.39 is 0 Å². The molecular weight excluding hydrogens is 312 g/mol. The number of aromatic nitrogens is 3. The van der Waals surface area contributed by atoms with Gasteiger partial charge in [0.15, 0.2) is 0 Å². The van der Waals surface area contributed by atoms with Crippen LogP contribution in [0.5, 0.6) is 0 Å². The number of carbonyl (C=O) groups is 1. The minimum absolute atomic E-state index is 0.135. The Morgan fingerprint density at radius 2 is 1.80 bits per heavy atom. The number of rotatable bonds is 4. The van der Waals surface area contributed by atoms with E-state index in [4.69, 9.17) is 0 Å². The molecule has 25 heavy (non-hydrogen) atoms. The van der Waals surface area contributed by atoms with Gasteiger partial charge in [-0.25, -0.2) is 4.98 Å². The lowest BCUT2D eigenvalue weighted by atomic mass is 10.1. The van der Waals surface area contributed by atoms with Crippen LogP contribution in [0, 0.1) is 0 Å². The molecule has 1 N–H and O–H groups in total. The molecule has 0 atom stereocenters. The van der Waals surface area contributed by atoms with Gasteiger partial charge >= 0.3 is 0 Å². The van der Waals surface area contributed by atoms with Crippen LogP contribution in [-0.4, -0.2) is 20.0 Å². The number of fused-ring (bicyclic) bond motifs is 2. The fourth-order valence-electron chi connectivity index (χ4n) is 3.31. The van der Waals surface area contributed by atoms with Gasteiger partial charge in [0.05, 0.1) is 16.6 Å². The van der Waals surface area contributed by atoms with E-state index >= 15 is 0 Å². The minimum Gasteiger partial charge on any atom is -0.350 e. The van der Waals surface area contributed by atoms with Crippen molar-refractivity contribution in [3.63, 3.8) is 0 Å². The molecule has 0 aliphatic rings. The fraction of sp³-hybridized carbons (Fsp3) is 0.200. The number of hydrogen-bond acceptors (Lipinski definition) is 2. The van der Waals surface area contributed by atoms with E-state index in [1.807, 2.05) is 66.3 Å². The van der Waals surface area contributed by atoms with E-state index in [-0.39, 0.29) is 5.91 Å². The average Bonchev–Trinajstić information content (AvgIpc) is 3.14. The normalized spacial score (nSPS) is 11.3. The molecule has 0 saturated heterocycles.